The molecule has 0 fully saturated rings. The lowest BCUT2D eigenvalue weighted by Gasteiger charge is -2.15. The molecule has 0 unspecified atom stereocenters. The lowest BCUT2D eigenvalue weighted by Crippen LogP contribution is -2.30. The number of rotatable bonds is 5. The number of halogens is 3. The van der Waals surface area contributed by atoms with E-state index in [1.54, 1.807) is 12.1 Å². The van der Waals surface area contributed by atoms with Crippen LogP contribution in [0.4, 0.5) is 18.9 Å². The summed E-state index contributed by atoms with van der Waals surface area (Å²) in [7, 11) is 1.25. The zero-order valence-corrected chi connectivity index (χ0v) is 14.0. The van der Waals surface area contributed by atoms with Crippen LogP contribution in [0.15, 0.2) is 48.5 Å². The third-order valence-corrected chi connectivity index (χ3v) is 3.42. The van der Waals surface area contributed by atoms with Crippen LogP contribution in [-0.4, -0.2) is 25.1 Å². The maximum atomic E-state index is 12.5. The molecule has 2 aromatic rings. The number of carbonyl (C=O) groups excluding carboxylic acids is 2. The van der Waals surface area contributed by atoms with Gasteiger partial charge in [0.2, 0.25) is 0 Å². The number of hydrogen-bond donors (Lipinski definition) is 1. The topological polar surface area (TPSA) is 64.6 Å². The number of nitrogens with one attached hydrogen (secondary N) is 1. The normalized spacial score (nSPS) is 12.2. The number of carbonyl (C=O) groups is 2. The Labute approximate surface area is 147 Å². The van der Waals surface area contributed by atoms with Crippen LogP contribution in [0, 0.1) is 0 Å². The van der Waals surface area contributed by atoms with Gasteiger partial charge in [-0.1, -0.05) is 6.07 Å². The molecule has 0 aliphatic heterocycles. The molecular weight excluding hydrogens is 351 g/mol. The lowest BCUT2D eigenvalue weighted by atomic mass is 10.2. The van der Waals surface area contributed by atoms with Crippen molar-refractivity contribution >= 4 is 17.6 Å². The number of alkyl halides is 3. The number of benzene rings is 2. The number of esters is 1. The Bertz CT molecular complexity index is 788. The zero-order valence-electron chi connectivity index (χ0n) is 14.0. The monoisotopic (exact) mass is 367 g/mol. The molecule has 0 aliphatic rings. The minimum Gasteiger partial charge on any atom is -0.481 e. The third kappa shape index (κ3) is 4.98. The maximum absolute atomic E-state index is 12.5. The summed E-state index contributed by atoms with van der Waals surface area (Å²) in [5.41, 5.74) is -0.332. The molecule has 5 nitrogen and oxygen atoms in total. The molecule has 1 amide bonds. The molecule has 0 saturated heterocycles. The van der Waals surface area contributed by atoms with E-state index in [0.29, 0.717) is 0 Å². The molecule has 1 atom stereocenters. The summed E-state index contributed by atoms with van der Waals surface area (Å²) in [5, 5.41) is 2.47. The van der Waals surface area contributed by atoms with Crippen LogP contribution in [0.5, 0.6) is 5.75 Å². The smallest absolute Gasteiger partial charge is 0.416 e. The van der Waals surface area contributed by atoms with Crippen molar-refractivity contribution in [3.63, 3.8) is 0 Å². The van der Waals surface area contributed by atoms with Crippen LogP contribution in [0.2, 0.25) is 0 Å². The summed E-state index contributed by atoms with van der Waals surface area (Å²) in [6.45, 7) is 1.48. The number of methoxy groups -OCH3 is 1. The van der Waals surface area contributed by atoms with Gasteiger partial charge in [-0.3, -0.25) is 4.79 Å². The van der Waals surface area contributed by atoms with Gasteiger partial charge in [0.15, 0.2) is 6.10 Å². The van der Waals surface area contributed by atoms with Crippen LogP contribution < -0.4 is 10.1 Å². The molecule has 0 aliphatic carbocycles. The van der Waals surface area contributed by atoms with E-state index in [1.807, 2.05) is 0 Å². The Morgan fingerprint density at radius 1 is 1.08 bits per heavy atom. The van der Waals surface area contributed by atoms with Crippen LogP contribution in [0.1, 0.15) is 22.8 Å². The summed E-state index contributed by atoms with van der Waals surface area (Å²) in [5.74, 6) is -0.812. The second-order valence-corrected chi connectivity index (χ2v) is 5.34. The van der Waals surface area contributed by atoms with Gasteiger partial charge in [-0.05, 0) is 49.4 Å². The van der Waals surface area contributed by atoms with E-state index in [9.17, 15) is 22.8 Å². The molecule has 0 radical (unpaired) electrons. The Morgan fingerprint density at radius 3 is 2.31 bits per heavy atom. The van der Waals surface area contributed by atoms with Crippen LogP contribution in [0.3, 0.4) is 0 Å². The molecule has 0 heterocycles. The van der Waals surface area contributed by atoms with E-state index in [-0.39, 0.29) is 17.0 Å². The second kappa shape index (κ2) is 7.90. The Morgan fingerprint density at radius 2 is 1.73 bits per heavy atom. The van der Waals surface area contributed by atoms with E-state index in [1.165, 1.54) is 26.2 Å². The molecule has 0 bridgehead atoms. The van der Waals surface area contributed by atoms with Crippen LogP contribution >= 0.6 is 0 Å². The first-order valence-electron chi connectivity index (χ1n) is 7.54. The van der Waals surface area contributed by atoms with Crippen molar-refractivity contribution < 1.29 is 32.2 Å². The maximum Gasteiger partial charge on any atom is 0.416 e. The standard InChI is InChI=1S/C18H16F3NO4/c1-11(26-15-5-3-4-12(10-15)17(24)25-2)16(23)22-14-8-6-13(7-9-14)18(19,20)21/h3-11H,1-2H3,(H,22,23)/t11-/m1/s1. The van der Waals surface area contributed by atoms with Crippen molar-refractivity contribution in [3.8, 4) is 5.75 Å². The first-order valence-corrected chi connectivity index (χ1v) is 7.54. The molecule has 8 heteroatoms. The van der Waals surface area contributed by atoms with Gasteiger partial charge < -0.3 is 14.8 Å². The summed E-state index contributed by atoms with van der Waals surface area (Å²) < 4.78 is 47.6. The van der Waals surface area contributed by atoms with E-state index in [0.717, 1.165) is 24.3 Å². The molecule has 0 saturated carbocycles. The van der Waals surface area contributed by atoms with Gasteiger partial charge in [-0.2, -0.15) is 13.2 Å². The average molecular weight is 367 g/mol. The summed E-state index contributed by atoms with van der Waals surface area (Å²) in [6.07, 6.45) is -5.38. The van der Waals surface area contributed by atoms with E-state index in [4.69, 9.17) is 4.74 Å². The summed E-state index contributed by atoms with van der Waals surface area (Å²) in [4.78, 5) is 23.6. The minimum absolute atomic E-state index is 0.210. The molecule has 0 spiro atoms. The van der Waals surface area contributed by atoms with Gasteiger partial charge in [-0.25, -0.2) is 4.79 Å². The zero-order chi connectivity index (χ0) is 19.3. The van der Waals surface area contributed by atoms with Crippen molar-refractivity contribution in [2.45, 2.75) is 19.2 Å². The highest BCUT2D eigenvalue weighted by Gasteiger charge is 2.30. The van der Waals surface area contributed by atoms with Gasteiger partial charge in [0.25, 0.3) is 5.91 Å². The fraction of sp³-hybridized carbons (Fsp3) is 0.222. The van der Waals surface area contributed by atoms with Crippen molar-refractivity contribution in [2.24, 2.45) is 0 Å². The SMILES string of the molecule is COC(=O)c1cccc(O[C@H](C)C(=O)Nc2ccc(C(F)(F)F)cc2)c1. The third-order valence-electron chi connectivity index (χ3n) is 3.42. The first kappa shape index (κ1) is 19.3. The van der Waals surface area contributed by atoms with E-state index >= 15 is 0 Å². The quantitative estimate of drug-likeness (QED) is 0.814. The molecular formula is C18H16F3NO4. The predicted octanol–water partition coefficient (Wildman–Crippen LogP) is 3.90. The molecule has 26 heavy (non-hydrogen) atoms. The van der Waals surface area contributed by atoms with Gasteiger partial charge in [0.05, 0.1) is 18.2 Å². The van der Waals surface area contributed by atoms with Gasteiger partial charge >= 0.3 is 12.1 Å². The molecule has 2 aromatic carbocycles. The fourth-order valence-electron chi connectivity index (χ4n) is 2.06. The molecule has 0 aromatic heterocycles. The summed E-state index contributed by atoms with van der Waals surface area (Å²) >= 11 is 0. The molecule has 2 rings (SSSR count). The second-order valence-electron chi connectivity index (χ2n) is 5.34. The van der Waals surface area contributed by atoms with Crippen LogP contribution in [-0.2, 0) is 15.7 Å². The number of hydrogen-bond acceptors (Lipinski definition) is 4. The Balaban J connectivity index is 2.00. The van der Waals surface area contributed by atoms with Crippen LogP contribution in [0.25, 0.3) is 0 Å². The van der Waals surface area contributed by atoms with Crippen molar-refractivity contribution in [1.82, 2.24) is 0 Å². The van der Waals surface area contributed by atoms with Gasteiger partial charge in [0.1, 0.15) is 5.75 Å². The number of ether oxygens (including phenoxy) is 2. The highest BCUT2D eigenvalue weighted by Crippen LogP contribution is 2.29. The molecule has 138 valence electrons. The highest BCUT2D eigenvalue weighted by molar-refractivity contribution is 5.94. The summed E-state index contributed by atoms with van der Waals surface area (Å²) in [6, 6.07) is 10.2. The van der Waals surface area contributed by atoms with E-state index in [2.05, 4.69) is 10.1 Å². The van der Waals surface area contributed by atoms with Crippen molar-refractivity contribution in [3.05, 3.63) is 59.7 Å². The number of amides is 1. The van der Waals surface area contributed by atoms with E-state index < -0.39 is 29.7 Å². The Hall–Kier alpha value is -3.03. The average Bonchev–Trinajstić information content (AvgIpc) is 2.60. The fourth-order valence-corrected chi connectivity index (χ4v) is 2.06. The van der Waals surface area contributed by atoms with Crippen molar-refractivity contribution in [1.29, 1.82) is 0 Å². The predicted molar refractivity (Wildman–Crippen MR) is 87.9 cm³/mol. The van der Waals surface area contributed by atoms with Gasteiger partial charge in [0, 0.05) is 5.69 Å². The number of anilines is 1. The molecule has 1 N–H and O–H groups in total. The van der Waals surface area contributed by atoms with Gasteiger partial charge in [-0.15, -0.1) is 0 Å². The Kier molecular flexibility index (Phi) is 5.86. The largest absolute Gasteiger partial charge is 0.481 e. The van der Waals surface area contributed by atoms with Crippen molar-refractivity contribution in [2.75, 3.05) is 12.4 Å². The minimum atomic E-state index is -4.44. The lowest BCUT2D eigenvalue weighted by molar-refractivity contribution is -0.137. The highest BCUT2D eigenvalue weighted by atomic mass is 19.4. The first-order chi connectivity index (χ1) is 12.2.